The second-order valence-corrected chi connectivity index (χ2v) is 10.2. The average molecular weight is 514 g/mol. The molecule has 2 unspecified atom stereocenters. The summed E-state index contributed by atoms with van der Waals surface area (Å²) in [6.45, 7) is 2.87. The van der Waals surface area contributed by atoms with Crippen LogP contribution in [0.2, 0.25) is 0 Å². The smallest absolute Gasteiger partial charge is 0.323 e. The Labute approximate surface area is 211 Å². The van der Waals surface area contributed by atoms with Gasteiger partial charge in [-0.05, 0) is 54.8 Å². The van der Waals surface area contributed by atoms with Crippen LogP contribution in [0.3, 0.4) is 0 Å². The number of nitrogens with zero attached hydrogens (tertiary/aromatic N) is 1. The van der Waals surface area contributed by atoms with Crippen molar-refractivity contribution in [3.63, 3.8) is 0 Å². The van der Waals surface area contributed by atoms with E-state index in [4.69, 9.17) is 4.74 Å². The maximum atomic E-state index is 12.8. The molecule has 3 aromatic rings. The number of benzene rings is 3. The molecule has 0 aromatic heterocycles. The molecule has 36 heavy (non-hydrogen) atoms. The molecule has 0 radical (unpaired) electrons. The lowest BCUT2D eigenvalue weighted by Crippen LogP contribution is -2.41. The molecular formula is C26H31N3O6S. The van der Waals surface area contributed by atoms with Crippen molar-refractivity contribution in [2.45, 2.75) is 49.6 Å². The fourth-order valence-electron chi connectivity index (χ4n) is 4.02. The number of rotatable bonds is 13. The van der Waals surface area contributed by atoms with Gasteiger partial charge in [0, 0.05) is 12.1 Å². The van der Waals surface area contributed by atoms with Crippen LogP contribution in [0.4, 0.5) is 5.69 Å². The Bertz CT molecular complexity index is 1310. The Balaban J connectivity index is 1.50. The lowest BCUT2D eigenvalue weighted by atomic mass is 10.0. The molecule has 0 aliphatic carbocycles. The molecule has 192 valence electrons. The highest BCUT2D eigenvalue weighted by atomic mass is 32.2. The lowest BCUT2D eigenvalue weighted by molar-refractivity contribution is -0.387. The summed E-state index contributed by atoms with van der Waals surface area (Å²) in [4.78, 5) is 22.2. The molecule has 0 amide bonds. The third-order valence-corrected chi connectivity index (χ3v) is 7.55. The molecule has 2 atom stereocenters. The molecule has 3 rings (SSSR count). The highest BCUT2D eigenvalue weighted by Gasteiger charge is 2.30. The van der Waals surface area contributed by atoms with Gasteiger partial charge in [-0.2, -0.15) is 4.72 Å². The van der Waals surface area contributed by atoms with Gasteiger partial charge in [-0.1, -0.05) is 61.4 Å². The van der Waals surface area contributed by atoms with Gasteiger partial charge in [-0.15, -0.1) is 0 Å². The number of unbranched alkanes of at least 4 members (excludes halogenated alkanes) is 2. The fraction of sp³-hybridized carbons (Fsp3) is 0.346. The van der Waals surface area contributed by atoms with Gasteiger partial charge in [-0.3, -0.25) is 14.9 Å². The molecule has 10 heteroatoms. The Morgan fingerprint density at radius 2 is 1.69 bits per heavy atom. The molecule has 0 aliphatic heterocycles. The van der Waals surface area contributed by atoms with Crippen molar-refractivity contribution in [1.29, 1.82) is 0 Å². The van der Waals surface area contributed by atoms with E-state index in [0.717, 1.165) is 31.5 Å². The van der Waals surface area contributed by atoms with Crippen LogP contribution in [0.1, 0.15) is 44.2 Å². The van der Waals surface area contributed by atoms with E-state index >= 15 is 0 Å². The van der Waals surface area contributed by atoms with Gasteiger partial charge < -0.3 is 10.1 Å². The summed E-state index contributed by atoms with van der Waals surface area (Å²) in [6, 6.07) is 18.7. The fourth-order valence-corrected chi connectivity index (χ4v) is 5.41. The van der Waals surface area contributed by atoms with Gasteiger partial charge in [0.1, 0.15) is 6.04 Å². The maximum Gasteiger partial charge on any atom is 0.323 e. The highest BCUT2D eigenvalue weighted by molar-refractivity contribution is 7.89. The van der Waals surface area contributed by atoms with E-state index in [1.54, 1.807) is 0 Å². The molecule has 3 aromatic carbocycles. The average Bonchev–Trinajstić information content (AvgIpc) is 2.88. The van der Waals surface area contributed by atoms with E-state index in [1.165, 1.54) is 35.6 Å². The molecule has 9 nitrogen and oxygen atoms in total. The molecule has 0 spiro atoms. The van der Waals surface area contributed by atoms with Gasteiger partial charge in [0.25, 0.3) is 5.69 Å². The molecular weight excluding hydrogens is 482 g/mol. The van der Waals surface area contributed by atoms with Gasteiger partial charge in [0.15, 0.2) is 4.90 Å². The quantitative estimate of drug-likeness (QED) is 0.149. The van der Waals surface area contributed by atoms with Crippen LogP contribution in [0, 0.1) is 10.1 Å². The first-order valence-electron chi connectivity index (χ1n) is 11.8. The summed E-state index contributed by atoms with van der Waals surface area (Å²) >= 11 is 0. The van der Waals surface area contributed by atoms with Crippen LogP contribution in [0.5, 0.6) is 0 Å². The van der Waals surface area contributed by atoms with Crippen LogP contribution in [0.15, 0.2) is 71.6 Å². The predicted octanol–water partition coefficient (Wildman–Crippen LogP) is 4.48. The summed E-state index contributed by atoms with van der Waals surface area (Å²) in [7, 11) is -3.13. The Morgan fingerprint density at radius 1 is 1.00 bits per heavy atom. The van der Waals surface area contributed by atoms with Gasteiger partial charge in [-0.25, -0.2) is 8.42 Å². The first-order chi connectivity index (χ1) is 17.2. The summed E-state index contributed by atoms with van der Waals surface area (Å²) < 4.78 is 32.6. The van der Waals surface area contributed by atoms with Gasteiger partial charge in [0.05, 0.1) is 12.0 Å². The van der Waals surface area contributed by atoms with Crippen LogP contribution in [-0.4, -0.2) is 39.0 Å². The molecule has 0 bridgehead atoms. The van der Waals surface area contributed by atoms with E-state index in [9.17, 15) is 23.3 Å². The van der Waals surface area contributed by atoms with Crippen molar-refractivity contribution in [3.8, 4) is 0 Å². The monoisotopic (exact) mass is 513 g/mol. The van der Waals surface area contributed by atoms with Crippen LogP contribution < -0.4 is 10.0 Å². The first kappa shape index (κ1) is 27.3. The number of methoxy groups -OCH3 is 1. The number of hydrogen-bond acceptors (Lipinski definition) is 7. The van der Waals surface area contributed by atoms with E-state index in [2.05, 4.69) is 47.3 Å². The number of ether oxygens (including phenoxy) is 1. The zero-order chi connectivity index (χ0) is 26.1. The van der Waals surface area contributed by atoms with E-state index in [-0.39, 0.29) is 12.5 Å². The summed E-state index contributed by atoms with van der Waals surface area (Å²) in [5, 5.41) is 17.1. The lowest BCUT2D eigenvalue weighted by Gasteiger charge is -2.17. The van der Waals surface area contributed by atoms with Crippen molar-refractivity contribution in [1.82, 2.24) is 10.0 Å². The topological polar surface area (TPSA) is 128 Å². The third kappa shape index (κ3) is 7.09. The largest absolute Gasteiger partial charge is 0.468 e. The van der Waals surface area contributed by atoms with E-state index in [1.807, 2.05) is 12.1 Å². The maximum absolute atomic E-state index is 12.8. The summed E-state index contributed by atoms with van der Waals surface area (Å²) in [6.07, 6.45) is 2.39. The summed E-state index contributed by atoms with van der Waals surface area (Å²) in [5.41, 5.74) is 0.643. The van der Waals surface area contributed by atoms with Gasteiger partial charge >= 0.3 is 5.97 Å². The van der Waals surface area contributed by atoms with Crippen molar-refractivity contribution >= 4 is 32.5 Å². The second-order valence-electron chi connectivity index (χ2n) is 8.55. The summed E-state index contributed by atoms with van der Waals surface area (Å²) in [5.74, 6) is -0.736. The van der Waals surface area contributed by atoms with Crippen LogP contribution in [0.25, 0.3) is 10.8 Å². The number of nitrogens with one attached hydrogen (secondary N) is 2. The molecule has 0 heterocycles. The van der Waals surface area contributed by atoms with Crippen LogP contribution >= 0.6 is 0 Å². The van der Waals surface area contributed by atoms with Crippen molar-refractivity contribution < 1.29 is 22.9 Å². The van der Waals surface area contributed by atoms with Crippen molar-refractivity contribution in [3.05, 3.63) is 82.4 Å². The number of carbonyl (C=O) groups excluding carboxylic acids is 1. The Hall–Kier alpha value is -3.34. The predicted molar refractivity (Wildman–Crippen MR) is 138 cm³/mol. The number of fused-ring (bicyclic) bond motifs is 1. The van der Waals surface area contributed by atoms with Crippen molar-refractivity contribution in [2.75, 3.05) is 13.7 Å². The number of hydrogen-bond donors (Lipinski definition) is 2. The van der Waals surface area contributed by atoms with E-state index in [0.29, 0.717) is 6.42 Å². The normalized spacial score (nSPS) is 13.3. The minimum atomic E-state index is -4.30. The molecule has 0 aliphatic rings. The third-order valence-electron chi connectivity index (χ3n) is 6.03. The Kier molecular flexibility index (Phi) is 9.51. The number of para-hydroxylation sites is 1. The Morgan fingerprint density at radius 3 is 2.42 bits per heavy atom. The number of nitro groups is 1. The molecule has 0 saturated carbocycles. The SMILES string of the molecule is COC(=O)C(CCCCCNC(C)c1ccc2ccccc2c1)NS(=O)(=O)c1ccccc1[N+](=O)[O-]. The number of esters is 1. The zero-order valence-corrected chi connectivity index (χ0v) is 21.2. The number of carbonyl (C=O) groups is 1. The highest BCUT2D eigenvalue weighted by Crippen LogP contribution is 2.24. The van der Waals surface area contributed by atoms with Crippen LogP contribution in [-0.2, 0) is 19.6 Å². The zero-order valence-electron chi connectivity index (χ0n) is 20.3. The minimum Gasteiger partial charge on any atom is -0.468 e. The first-order valence-corrected chi connectivity index (χ1v) is 13.3. The second kappa shape index (κ2) is 12.6. The molecule has 0 fully saturated rings. The molecule has 0 saturated heterocycles. The number of nitro benzene ring substituents is 1. The van der Waals surface area contributed by atoms with E-state index < -0.39 is 37.5 Å². The molecule has 2 N–H and O–H groups in total. The minimum absolute atomic E-state index is 0.172. The van der Waals surface area contributed by atoms with Crippen molar-refractivity contribution in [2.24, 2.45) is 0 Å². The number of sulfonamides is 1. The standard InChI is InChI=1S/C26H31N3O6S/c1-19(21-16-15-20-10-5-6-11-22(20)18-21)27-17-9-3-4-12-23(26(30)35-2)28-36(33,34)25-14-8-7-13-24(25)29(31)32/h5-8,10-11,13-16,18-19,23,27-28H,3-4,9,12,17H2,1-2H3. The van der Waals surface area contributed by atoms with Gasteiger partial charge in [0.2, 0.25) is 10.0 Å².